The Labute approximate surface area is 126 Å². The standard InChI is InChI=1S/C10H19NO3.C4H7ClO/c1-4-7-8(12)11-10(5-2,6-3)9(13)14;1-2-3-4(5)6/h4-7H2,1-3H3,(H,11,12)(H,13,14);2-3H2,1H3. The van der Waals surface area contributed by atoms with Gasteiger partial charge in [-0.3, -0.25) is 9.59 Å². The van der Waals surface area contributed by atoms with Gasteiger partial charge in [-0.25, -0.2) is 4.79 Å². The fourth-order valence-corrected chi connectivity index (χ4v) is 1.72. The molecule has 0 aliphatic heterocycles. The highest BCUT2D eigenvalue weighted by Gasteiger charge is 2.35. The summed E-state index contributed by atoms with van der Waals surface area (Å²) in [5, 5.41) is 11.4. The lowest BCUT2D eigenvalue weighted by Gasteiger charge is -2.27. The number of halogens is 1. The molecule has 0 aromatic carbocycles. The van der Waals surface area contributed by atoms with Crippen LogP contribution in [0.3, 0.4) is 0 Å². The zero-order valence-corrected chi connectivity index (χ0v) is 13.5. The van der Waals surface area contributed by atoms with Gasteiger partial charge >= 0.3 is 5.97 Å². The number of carbonyl (C=O) groups excluding carboxylic acids is 2. The maximum absolute atomic E-state index is 11.3. The van der Waals surface area contributed by atoms with E-state index in [9.17, 15) is 14.4 Å². The summed E-state index contributed by atoms with van der Waals surface area (Å²) in [4.78, 5) is 32.1. The Morgan fingerprint density at radius 2 is 1.45 bits per heavy atom. The number of rotatable bonds is 8. The van der Waals surface area contributed by atoms with Crippen molar-refractivity contribution in [2.45, 2.75) is 71.8 Å². The molecule has 0 saturated carbocycles. The van der Waals surface area contributed by atoms with Gasteiger partial charge in [-0.2, -0.15) is 0 Å². The molecule has 0 atom stereocenters. The molecule has 0 aromatic rings. The van der Waals surface area contributed by atoms with E-state index in [1.54, 1.807) is 13.8 Å². The smallest absolute Gasteiger partial charge is 0.329 e. The van der Waals surface area contributed by atoms with E-state index >= 15 is 0 Å². The number of carboxylic acids is 1. The van der Waals surface area contributed by atoms with Gasteiger partial charge in [-0.05, 0) is 37.3 Å². The zero-order chi connectivity index (χ0) is 16.2. The van der Waals surface area contributed by atoms with Crippen molar-refractivity contribution in [1.82, 2.24) is 5.32 Å². The third-order valence-electron chi connectivity index (χ3n) is 2.92. The fourth-order valence-electron chi connectivity index (χ4n) is 1.54. The zero-order valence-electron chi connectivity index (χ0n) is 12.8. The SMILES string of the molecule is CCCC(=O)Cl.CCCC(=O)NC(CC)(CC)C(=O)O. The summed E-state index contributed by atoms with van der Waals surface area (Å²) in [5.74, 6) is -1.13. The van der Waals surface area contributed by atoms with Crippen molar-refractivity contribution in [1.29, 1.82) is 0 Å². The van der Waals surface area contributed by atoms with Gasteiger partial charge in [0, 0.05) is 12.8 Å². The van der Waals surface area contributed by atoms with Crippen LogP contribution in [-0.4, -0.2) is 27.8 Å². The molecular formula is C14H26ClNO4. The van der Waals surface area contributed by atoms with Crippen LogP contribution in [0.5, 0.6) is 0 Å². The first-order chi connectivity index (χ1) is 9.29. The van der Waals surface area contributed by atoms with Crippen molar-refractivity contribution < 1.29 is 19.5 Å². The molecule has 0 aliphatic carbocycles. The van der Waals surface area contributed by atoms with Crippen molar-refractivity contribution in [2.75, 3.05) is 0 Å². The lowest BCUT2D eigenvalue weighted by molar-refractivity contribution is -0.148. The van der Waals surface area contributed by atoms with Crippen LogP contribution in [0.25, 0.3) is 0 Å². The Morgan fingerprint density at radius 3 is 1.65 bits per heavy atom. The molecule has 0 spiro atoms. The Morgan fingerprint density at radius 1 is 1.00 bits per heavy atom. The van der Waals surface area contributed by atoms with Crippen LogP contribution in [0.1, 0.15) is 66.2 Å². The van der Waals surface area contributed by atoms with E-state index in [2.05, 4.69) is 5.32 Å². The van der Waals surface area contributed by atoms with Crippen molar-refractivity contribution in [3.63, 3.8) is 0 Å². The maximum Gasteiger partial charge on any atom is 0.329 e. The molecule has 0 fully saturated rings. The Hall–Kier alpha value is -1.10. The molecule has 2 N–H and O–H groups in total. The molecule has 0 heterocycles. The van der Waals surface area contributed by atoms with Gasteiger partial charge in [0.05, 0.1) is 0 Å². The number of hydrogen-bond acceptors (Lipinski definition) is 3. The van der Waals surface area contributed by atoms with Crippen LogP contribution in [-0.2, 0) is 14.4 Å². The van der Waals surface area contributed by atoms with Crippen LogP contribution in [0, 0.1) is 0 Å². The van der Waals surface area contributed by atoms with Crippen molar-refractivity contribution in [3.05, 3.63) is 0 Å². The highest BCUT2D eigenvalue weighted by Crippen LogP contribution is 2.15. The average Bonchev–Trinajstić information content (AvgIpc) is 2.36. The van der Waals surface area contributed by atoms with Gasteiger partial charge in [0.25, 0.3) is 0 Å². The molecule has 0 aliphatic rings. The molecular weight excluding hydrogens is 282 g/mol. The molecule has 0 radical (unpaired) electrons. The van der Waals surface area contributed by atoms with E-state index in [0.717, 1.165) is 12.8 Å². The minimum atomic E-state index is -1.08. The molecule has 0 unspecified atom stereocenters. The number of amides is 1. The summed E-state index contributed by atoms with van der Waals surface area (Å²) in [5.41, 5.74) is -1.08. The monoisotopic (exact) mass is 307 g/mol. The number of nitrogens with one attached hydrogen (secondary N) is 1. The van der Waals surface area contributed by atoms with Gasteiger partial charge in [-0.15, -0.1) is 0 Å². The molecule has 1 amide bonds. The van der Waals surface area contributed by atoms with Gasteiger partial charge in [0.1, 0.15) is 5.54 Å². The lowest BCUT2D eigenvalue weighted by atomic mass is 9.92. The number of carboxylic acid groups (broad SMARTS) is 1. The second-order valence-corrected chi connectivity index (χ2v) is 4.92. The normalized spacial score (nSPS) is 10.2. The Kier molecular flexibility index (Phi) is 12.4. The van der Waals surface area contributed by atoms with E-state index in [1.165, 1.54) is 0 Å². The van der Waals surface area contributed by atoms with Crippen LogP contribution in [0.4, 0.5) is 0 Å². The average molecular weight is 308 g/mol. The summed E-state index contributed by atoms with van der Waals surface area (Å²) >= 11 is 4.94. The van der Waals surface area contributed by atoms with Crippen LogP contribution in [0.15, 0.2) is 0 Å². The third kappa shape index (κ3) is 8.91. The second-order valence-electron chi connectivity index (χ2n) is 4.50. The van der Waals surface area contributed by atoms with Gasteiger partial charge < -0.3 is 10.4 Å². The summed E-state index contributed by atoms with van der Waals surface area (Å²) < 4.78 is 0. The predicted octanol–water partition coefficient (Wildman–Crippen LogP) is 3.10. The van der Waals surface area contributed by atoms with Crippen LogP contribution < -0.4 is 5.32 Å². The largest absolute Gasteiger partial charge is 0.480 e. The number of hydrogen-bond donors (Lipinski definition) is 2. The van der Waals surface area contributed by atoms with Crippen LogP contribution in [0.2, 0.25) is 0 Å². The molecule has 0 rings (SSSR count). The molecule has 0 bridgehead atoms. The lowest BCUT2D eigenvalue weighted by Crippen LogP contribution is -2.53. The number of carbonyl (C=O) groups is 3. The topological polar surface area (TPSA) is 83.5 Å². The minimum Gasteiger partial charge on any atom is -0.480 e. The maximum atomic E-state index is 11.3. The molecule has 6 heteroatoms. The summed E-state index contributed by atoms with van der Waals surface area (Å²) in [6, 6.07) is 0. The quantitative estimate of drug-likeness (QED) is 0.675. The fraction of sp³-hybridized carbons (Fsp3) is 0.786. The second kappa shape index (κ2) is 11.7. The Bertz CT molecular complexity index is 314. The van der Waals surface area contributed by atoms with E-state index in [-0.39, 0.29) is 11.1 Å². The molecule has 0 saturated heterocycles. The predicted molar refractivity (Wildman–Crippen MR) is 79.8 cm³/mol. The first-order valence-electron chi connectivity index (χ1n) is 7.02. The summed E-state index contributed by atoms with van der Waals surface area (Å²) in [6.45, 7) is 7.34. The van der Waals surface area contributed by atoms with E-state index in [4.69, 9.17) is 16.7 Å². The van der Waals surface area contributed by atoms with Gasteiger partial charge in [0.15, 0.2) is 0 Å². The van der Waals surface area contributed by atoms with Gasteiger partial charge in [-0.1, -0.05) is 27.7 Å². The highest BCUT2D eigenvalue weighted by molar-refractivity contribution is 6.63. The van der Waals surface area contributed by atoms with E-state index < -0.39 is 11.5 Å². The Balaban J connectivity index is 0. The van der Waals surface area contributed by atoms with Crippen LogP contribution >= 0.6 is 11.6 Å². The first-order valence-corrected chi connectivity index (χ1v) is 7.40. The highest BCUT2D eigenvalue weighted by atomic mass is 35.5. The summed E-state index contributed by atoms with van der Waals surface area (Å²) in [7, 11) is 0. The minimum absolute atomic E-state index is 0.182. The van der Waals surface area contributed by atoms with Crippen molar-refractivity contribution >= 4 is 28.7 Å². The van der Waals surface area contributed by atoms with Crippen molar-refractivity contribution in [3.8, 4) is 0 Å². The van der Waals surface area contributed by atoms with Crippen molar-refractivity contribution in [2.24, 2.45) is 0 Å². The molecule has 0 aromatic heterocycles. The van der Waals surface area contributed by atoms with E-state index in [1.807, 2.05) is 13.8 Å². The van der Waals surface area contributed by atoms with Gasteiger partial charge in [0.2, 0.25) is 11.1 Å². The molecule has 5 nitrogen and oxygen atoms in total. The molecule has 20 heavy (non-hydrogen) atoms. The number of aliphatic carboxylic acids is 1. The van der Waals surface area contributed by atoms with E-state index in [0.29, 0.717) is 25.7 Å². The first kappa shape index (κ1) is 21.2. The molecule has 118 valence electrons. The summed E-state index contributed by atoms with van der Waals surface area (Å²) in [6.07, 6.45) is 3.29. The third-order valence-corrected chi connectivity index (χ3v) is 3.11.